The van der Waals surface area contributed by atoms with Crippen LogP contribution in [-0.2, 0) is 4.79 Å². The molecular formula is C51H39N2O3+. The zero-order valence-corrected chi connectivity index (χ0v) is 31.4. The number of phenolic OH excluding ortho intramolecular Hbond substituents is 1. The fraction of sp³-hybridized carbons (Fsp3) is 0.0588. The minimum Gasteiger partial charge on any atom is -0.507 e. The number of hydrogen-bond donors (Lipinski definition) is 2. The number of aliphatic hydroxyl groups is 1. The summed E-state index contributed by atoms with van der Waals surface area (Å²) < 4.78 is 2.15. The maximum Gasteiger partial charge on any atom is 0.219 e. The molecule has 0 atom stereocenters. The molecule has 0 fully saturated rings. The van der Waals surface area contributed by atoms with Crippen LogP contribution in [0.3, 0.4) is 0 Å². The minimum atomic E-state index is -0.213. The molecule has 9 rings (SSSR count). The summed E-state index contributed by atoms with van der Waals surface area (Å²) in [4.78, 5) is 16.3. The summed E-state index contributed by atoms with van der Waals surface area (Å²) in [6.45, 7) is 5.67. The average molecular weight is 728 g/mol. The van der Waals surface area contributed by atoms with Crippen molar-refractivity contribution in [3.05, 3.63) is 209 Å². The van der Waals surface area contributed by atoms with Gasteiger partial charge in [0.05, 0.1) is 22.3 Å². The first-order valence-electron chi connectivity index (χ1n) is 18.8. The number of allylic oxidation sites excluding steroid dienone is 6. The Kier molecular flexibility index (Phi) is 8.55. The van der Waals surface area contributed by atoms with Gasteiger partial charge < -0.3 is 15.1 Å². The van der Waals surface area contributed by atoms with E-state index in [4.69, 9.17) is 0 Å². The Bertz CT molecular complexity index is 2900. The van der Waals surface area contributed by atoms with Crippen LogP contribution in [0.25, 0.3) is 27.1 Å². The van der Waals surface area contributed by atoms with Crippen LogP contribution in [0.4, 0.5) is 28.4 Å². The highest BCUT2D eigenvalue weighted by molar-refractivity contribution is 6.40. The van der Waals surface area contributed by atoms with E-state index in [1.54, 1.807) is 0 Å². The standard InChI is InChI=1S/C51H38N2O3/c1-32-43(52(37-20-6-4-7-21-37)45-26-14-18-35-16-10-12-24-39(35)45)30-28-41(49(32)54)47-34(3)48(51(47)56)42-29-31-44(33(2)50(42)55)53(38-22-8-5-9-23-38)46-27-15-19-36-17-11-13-25-40(36)46/h4-31H,1-3H3,(H,54,55)/p+1. The van der Waals surface area contributed by atoms with Crippen molar-refractivity contribution in [3.8, 4) is 5.75 Å². The first-order valence-corrected chi connectivity index (χ1v) is 18.8. The fourth-order valence-electron chi connectivity index (χ4n) is 8.22. The number of benzene rings is 7. The summed E-state index contributed by atoms with van der Waals surface area (Å²) in [5, 5.41) is 28.1. The molecule has 2 N–H and O–H groups in total. The van der Waals surface area contributed by atoms with E-state index in [1.165, 1.54) is 0 Å². The van der Waals surface area contributed by atoms with Gasteiger partial charge in [0.15, 0.2) is 5.78 Å². The molecule has 7 aromatic carbocycles. The smallest absolute Gasteiger partial charge is 0.219 e. The van der Waals surface area contributed by atoms with E-state index < -0.39 is 0 Å². The Balaban J connectivity index is 1.14. The highest BCUT2D eigenvalue weighted by Crippen LogP contribution is 2.48. The second-order valence-electron chi connectivity index (χ2n) is 14.3. The van der Waals surface area contributed by atoms with Gasteiger partial charge in [-0.15, -0.1) is 0 Å². The molecule has 5 heteroatoms. The second-order valence-corrected chi connectivity index (χ2v) is 14.3. The van der Waals surface area contributed by atoms with E-state index >= 15 is 0 Å². The Morgan fingerprint density at radius 2 is 1.14 bits per heavy atom. The molecule has 0 saturated carbocycles. The van der Waals surface area contributed by atoms with E-state index in [-0.39, 0.29) is 17.3 Å². The third kappa shape index (κ3) is 5.56. The minimum absolute atomic E-state index is 0.0507. The first kappa shape index (κ1) is 34.5. The van der Waals surface area contributed by atoms with Crippen LogP contribution in [0.2, 0.25) is 0 Å². The molecule has 0 spiro atoms. The zero-order chi connectivity index (χ0) is 38.5. The number of anilines is 3. The van der Waals surface area contributed by atoms with E-state index in [0.717, 1.165) is 61.3 Å². The van der Waals surface area contributed by atoms with Gasteiger partial charge in [-0.1, -0.05) is 103 Å². The SMILES string of the molecule is CC1=C(O)/C(=C2/C(=O)C(c3ccc(N(c4ccccc4)c4cccc5ccccc45)c(C)c3O)=C2C)C=CC1=[N+](c1ccccc1)c1cccc2ccccc12. The molecule has 0 radical (unpaired) electrons. The summed E-state index contributed by atoms with van der Waals surface area (Å²) in [7, 11) is 0. The number of para-hydroxylation sites is 2. The van der Waals surface area contributed by atoms with E-state index in [2.05, 4.69) is 82.3 Å². The highest BCUT2D eigenvalue weighted by atomic mass is 16.3. The van der Waals surface area contributed by atoms with Crippen LogP contribution < -0.4 is 9.48 Å². The Morgan fingerprint density at radius 1 is 0.536 bits per heavy atom. The number of carbonyl (C=O) groups excluding carboxylic acids is 1. The van der Waals surface area contributed by atoms with Crippen molar-refractivity contribution in [2.24, 2.45) is 0 Å². The summed E-state index contributed by atoms with van der Waals surface area (Å²) in [5.74, 6) is -0.111. The van der Waals surface area contributed by atoms with Crippen LogP contribution in [0.15, 0.2) is 198 Å². The monoisotopic (exact) mass is 727 g/mol. The number of nitrogens with zero attached hydrogens (tertiary/aromatic N) is 2. The number of aromatic hydroxyl groups is 1. The second kappa shape index (κ2) is 13.9. The Labute approximate surface area is 326 Å². The lowest BCUT2D eigenvalue weighted by Gasteiger charge is -2.31. The van der Waals surface area contributed by atoms with Crippen LogP contribution in [0.1, 0.15) is 25.0 Å². The molecule has 7 aromatic rings. The number of Topliss-reactive ketones (excluding diaryl/α,β-unsaturated/α-hetero) is 1. The van der Waals surface area contributed by atoms with E-state index in [9.17, 15) is 15.0 Å². The lowest BCUT2D eigenvalue weighted by atomic mass is 9.74. The molecule has 0 saturated heterocycles. The molecule has 0 amide bonds. The van der Waals surface area contributed by atoms with Crippen molar-refractivity contribution in [3.63, 3.8) is 0 Å². The molecule has 270 valence electrons. The van der Waals surface area contributed by atoms with Gasteiger partial charge in [0.2, 0.25) is 17.1 Å². The van der Waals surface area contributed by atoms with Gasteiger partial charge in [-0.05, 0) is 79.6 Å². The van der Waals surface area contributed by atoms with Crippen molar-refractivity contribution in [2.45, 2.75) is 20.8 Å². The molecule has 2 aliphatic rings. The van der Waals surface area contributed by atoms with Gasteiger partial charge in [0, 0.05) is 63.2 Å². The lowest BCUT2D eigenvalue weighted by Crippen LogP contribution is -2.25. The van der Waals surface area contributed by atoms with Crippen LogP contribution in [0.5, 0.6) is 5.75 Å². The Hall–Kier alpha value is -7.24. The quantitative estimate of drug-likeness (QED) is 0.132. The molecule has 56 heavy (non-hydrogen) atoms. The molecule has 2 aliphatic carbocycles. The topological polar surface area (TPSA) is 63.8 Å². The van der Waals surface area contributed by atoms with Crippen LogP contribution in [0, 0.1) is 6.92 Å². The van der Waals surface area contributed by atoms with Crippen LogP contribution in [-0.4, -0.2) is 21.7 Å². The number of carbonyl (C=O) groups is 1. The molecule has 0 bridgehead atoms. The maximum atomic E-state index is 14.2. The largest absolute Gasteiger partial charge is 0.507 e. The predicted molar refractivity (Wildman–Crippen MR) is 231 cm³/mol. The normalized spacial score (nSPS) is 16.4. The molecule has 0 aromatic heterocycles. The highest BCUT2D eigenvalue weighted by Gasteiger charge is 2.38. The molecule has 0 unspecified atom stereocenters. The van der Waals surface area contributed by atoms with Gasteiger partial charge in [0.25, 0.3) is 0 Å². The predicted octanol–water partition coefficient (Wildman–Crippen LogP) is 12.5. The fourth-order valence-corrected chi connectivity index (χ4v) is 8.22. The average Bonchev–Trinajstić information content (AvgIpc) is 3.24. The third-order valence-electron chi connectivity index (χ3n) is 11.1. The number of rotatable bonds is 6. The van der Waals surface area contributed by atoms with E-state index in [1.807, 2.05) is 118 Å². The van der Waals surface area contributed by atoms with Crippen molar-refractivity contribution < 1.29 is 15.0 Å². The van der Waals surface area contributed by atoms with Gasteiger partial charge >= 0.3 is 0 Å². The third-order valence-corrected chi connectivity index (χ3v) is 11.1. The van der Waals surface area contributed by atoms with Crippen LogP contribution >= 0.6 is 0 Å². The van der Waals surface area contributed by atoms with E-state index in [0.29, 0.717) is 33.4 Å². The number of fused-ring (bicyclic) bond motifs is 2. The van der Waals surface area contributed by atoms with Crippen molar-refractivity contribution in [1.29, 1.82) is 0 Å². The number of phenols is 1. The Morgan fingerprint density at radius 3 is 1.86 bits per heavy atom. The molecule has 5 nitrogen and oxygen atoms in total. The summed E-state index contributed by atoms with van der Waals surface area (Å²) in [5.41, 5.74) is 9.35. The summed E-state index contributed by atoms with van der Waals surface area (Å²) >= 11 is 0. The van der Waals surface area contributed by atoms with Gasteiger partial charge in [-0.2, -0.15) is 4.58 Å². The number of hydrogen-bond acceptors (Lipinski definition) is 4. The molecular weight excluding hydrogens is 689 g/mol. The van der Waals surface area contributed by atoms with Crippen molar-refractivity contribution in [1.82, 2.24) is 4.58 Å². The maximum absolute atomic E-state index is 14.2. The number of ketones is 1. The summed E-state index contributed by atoms with van der Waals surface area (Å²) in [6.07, 6.45) is 3.81. The molecule has 0 aliphatic heterocycles. The zero-order valence-electron chi connectivity index (χ0n) is 31.4. The van der Waals surface area contributed by atoms with Gasteiger partial charge in [0.1, 0.15) is 11.5 Å². The first-order chi connectivity index (χ1) is 27.3. The van der Waals surface area contributed by atoms with Gasteiger partial charge in [-0.3, -0.25) is 4.79 Å². The van der Waals surface area contributed by atoms with Crippen molar-refractivity contribution in [2.75, 3.05) is 4.90 Å². The van der Waals surface area contributed by atoms with Crippen molar-refractivity contribution >= 4 is 67.0 Å². The summed E-state index contributed by atoms with van der Waals surface area (Å²) in [6, 6.07) is 53.0. The molecule has 0 heterocycles. The van der Waals surface area contributed by atoms with Gasteiger partial charge in [-0.25, -0.2) is 0 Å². The number of aliphatic hydroxyl groups excluding tert-OH is 1. The lowest BCUT2D eigenvalue weighted by molar-refractivity contribution is -0.111.